The highest BCUT2D eigenvalue weighted by atomic mass is 16.5. The van der Waals surface area contributed by atoms with E-state index in [0.29, 0.717) is 12.4 Å². The van der Waals surface area contributed by atoms with Crippen LogP contribution in [0.2, 0.25) is 0 Å². The summed E-state index contributed by atoms with van der Waals surface area (Å²) >= 11 is 0. The van der Waals surface area contributed by atoms with Gasteiger partial charge in [-0.15, -0.1) is 0 Å². The summed E-state index contributed by atoms with van der Waals surface area (Å²) in [5, 5.41) is 6.84. The van der Waals surface area contributed by atoms with Gasteiger partial charge in [0.1, 0.15) is 11.5 Å². The van der Waals surface area contributed by atoms with Crippen LogP contribution in [0.15, 0.2) is 41.5 Å². The van der Waals surface area contributed by atoms with Gasteiger partial charge in [0.25, 0.3) is 0 Å². The van der Waals surface area contributed by atoms with E-state index in [4.69, 9.17) is 14.2 Å². The highest BCUT2D eigenvalue weighted by Gasteiger charge is 2.24. The molecule has 1 aliphatic rings. The molecule has 0 aliphatic carbocycles. The quantitative estimate of drug-likeness (QED) is 0.545. The van der Waals surface area contributed by atoms with E-state index in [0.717, 1.165) is 48.2 Å². The topological polar surface area (TPSA) is 80.2 Å². The van der Waals surface area contributed by atoms with Crippen LogP contribution in [0.5, 0.6) is 17.4 Å². The molecule has 2 N–H and O–H groups in total. The highest BCUT2D eigenvalue weighted by Crippen LogP contribution is 2.30. The number of rotatable bonds is 7. The molecule has 156 valence electrons. The zero-order valence-electron chi connectivity index (χ0n) is 17.4. The van der Waals surface area contributed by atoms with Crippen molar-refractivity contribution < 1.29 is 14.2 Å². The second-order valence-corrected chi connectivity index (χ2v) is 6.74. The molecule has 0 saturated carbocycles. The van der Waals surface area contributed by atoms with Crippen molar-refractivity contribution in [3.05, 3.63) is 42.1 Å². The van der Waals surface area contributed by atoms with Gasteiger partial charge >= 0.3 is 0 Å². The summed E-state index contributed by atoms with van der Waals surface area (Å²) in [4.78, 5) is 10.9. The monoisotopic (exact) mass is 399 g/mol. The number of anilines is 1. The third-order valence-corrected chi connectivity index (χ3v) is 4.94. The minimum absolute atomic E-state index is 0.286. The molecule has 0 bridgehead atoms. The zero-order chi connectivity index (χ0) is 20.6. The smallest absolute Gasteiger partial charge is 0.218 e. The number of pyridine rings is 1. The number of hydrogen-bond acceptors (Lipinski definition) is 6. The molecule has 0 spiro atoms. The summed E-state index contributed by atoms with van der Waals surface area (Å²) < 4.78 is 16.1. The van der Waals surface area contributed by atoms with Crippen LogP contribution in [0.3, 0.4) is 0 Å². The number of aromatic nitrogens is 1. The minimum Gasteiger partial charge on any atom is -0.497 e. The number of nitrogens with one attached hydrogen (secondary N) is 2. The first-order valence-corrected chi connectivity index (χ1v) is 9.60. The van der Waals surface area contributed by atoms with Crippen LogP contribution in [0.25, 0.3) is 0 Å². The zero-order valence-corrected chi connectivity index (χ0v) is 17.4. The number of benzene rings is 1. The van der Waals surface area contributed by atoms with Gasteiger partial charge < -0.3 is 29.7 Å². The molecule has 0 amide bonds. The fraction of sp³-hybridized carbons (Fsp3) is 0.429. The van der Waals surface area contributed by atoms with Gasteiger partial charge in [-0.3, -0.25) is 4.99 Å². The van der Waals surface area contributed by atoms with Crippen molar-refractivity contribution in [2.45, 2.75) is 19.0 Å². The van der Waals surface area contributed by atoms with E-state index in [2.05, 4.69) is 25.5 Å². The summed E-state index contributed by atoms with van der Waals surface area (Å²) in [7, 11) is 6.73. The molecule has 2 aromatic rings. The van der Waals surface area contributed by atoms with Gasteiger partial charge in [-0.1, -0.05) is 6.07 Å². The van der Waals surface area contributed by atoms with Crippen molar-refractivity contribution in [3.63, 3.8) is 0 Å². The van der Waals surface area contributed by atoms with Gasteiger partial charge in [0.2, 0.25) is 5.88 Å². The Morgan fingerprint density at radius 2 is 1.93 bits per heavy atom. The number of guanidine groups is 1. The van der Waals surface area contributed by atoms with Crippen LogP contribution in [0.1, 0.15) is 12.0 Å². The van der Waals surface area contributed by atoms with Crippen LogP contribution < -0.4 is 29.7 Å². The molecule has 1 aromatic heterocycles. The maximum absolute atomic E-state index is 5.39. The molecule has 3 rings (SSSR count). The van der Waals surface area contributed by atoms with E-state index in [1.54, 1.807) is 34.6 Å². The Balaban J connectivity index is 1.58. The molecule has 1 fully saturated rings. The normalized spacial score (nSPS) is 16.5. The van der Waals surface area contributed by atoms with Gasteiger partial charge in [0.15, 0.2) is 5.96 Å². The molecule has 1 aliphatic heterocycles. The Bertz CT molecular complexity index is 821. The number of nitrogens with zero attached hydrogens (tertiary/aromatic N) is 3. The Kier molecular flexibility index (Phi) is 6.99. The first-order chi connectivity index (χ1) is 14.2. The van der Waals surface area contributed by atoms with Gasteiger partial charge in [0.05, 0.1) is 21.3 Å². The van der Waals surface area contributed by atoms with Crippen LogP contribution in [-0.4, -0.2) is 58.5 Å². The molecule has 0 radical (unpaired) electrons. The Morgan fingerprint density at radius 3 is 2.59 bits per heavy atom. The second kappa shape index (κ2) is 9.86. The molecule has 2 heterocycles. The number of aliphatic imine (C=N–C) groups is 1. The average Bonchev–Trinajstić information content (AvgIpc) is 3.24. The lowest BCUT2D eigenvalue weighted by Gasteiger charge is -2.21. The summed E-state index contributed by atoms with van der Waals surface area (Å²) in [5.74, 6) is 2.96. The number of methoxy groups -OCH3 is 3. The van der Waals surface area contributed by atoms with Crippen LogP contribution in [0, 0.1) is 0 Å². The average molecular weight is 399 g/mol. The van der Waals surface area contributed by atoms with Crippen LogP contribution >= 0.6 is 0 Å². The van der Waals surface area contributed by atoms with E-state index in [9.17, 15) is 0 Å². The van der Waals surface area contributed by atoms with Crippen molar-refractivity contribution in [1.29, 1.82) is 0 Å². The summed E-state index contributed by atoms with van der Waals surface area (Å²) in [6.45, 7) is 2.40. The summed E-state index contributed by atoms with van der Waals surface area (Å²) in [6.07, 6.45) is 2.73. The first-order valence-electron chi connectivity index (χ1n) is 9.60. The van der Waals surface area contributed by atoms with Crippen molar-refractivity contribution in [3.8, 4) is 17.4 Å². The molecule has 1 aromatic carbocycles. The van der Waals surface area contributed by atoms with E-state index in [-0.39, 0.29) is 6.04 Å². The molecule has 1 saturated heterocycles. The summed E-state index contributed by atoms with van der Waals surface area (Å²) in [6, 6.07) is 10.1. The molecule has 29 heavy (non-hydrogen) atoms. The largest absolute Gasteiger partial charge is 0.497 e. The van der Waals surface area contributed by atoms with E-state index in [1.165, 1.54) is 0 Å². The molecule has 1 unspecified atom stereocenters. The molecular formula is C21H29N5O3. The molecule has 8 nitrogen and oxygen atoms in total. The van der Waals surface area contributed by atoms with Crippen molar-refractivity contribution in [2.75, 3.05) is 46.4 Å². The Morgan fingerprint density at radius 1 is 1.17 bits per heavy atom. The second-order valence-electron chi connectivity index (χ2n) is 6.74. The minimum atomic E-state index is 0.286. The maximum Gasteiger partial charge on any atom is 0.218 e. The first kappa shape index (κ1) is 20.6. The molecular weight excluding hydrogens is 370 g/mol. The van der Waals surface area contributed by atoms with Crippen molar-refractivity contribution in [1.82, 2.24) is 15.6 Å². The SMILES string of the molecule is CN=C(NCc1cccnc1OC)NC1CCN(c2cc(OC)cc(OC)c2)C1. The molecule has 1 atom stereocenters. The predicted molar refractivity (Wildman–Crippen MR) is 114 cm³/mol. The highest BCUT2D eigenvalue weighted by molar-refractivity contribution is 5.80. The number of hydrogen-bond donors (Lipinski definition) is 2. The van der Waals surface area contributed by atoms with E-state index >= 15 is 0 Å². The van der Waals surface area contributed by atoms with Crippen LogP contribution in [0.4, 0.5) is 5.69 Å². The predicted octanol–water partition coefficient (Wildman–Crippen LogP) is 2.05. The third-order valence-electron chi connectivity index (χ3n) is 4.94. The number of ether oxygens (including phenoxy) is 3. The van der Waals surface area contributed by atoms with Gasteiger partial charge in [0, 0.05) is 68.4 Å². The lowest BCUT2D eigenvalue weighted by Crippen LogP contribution is -2.44. The van der Waals surface area contributed by atoms with Gasteiger partial charge in [-0.05, 0) is 12.5 Å². The molecule has 8 heteroatoms. The Hall–Kier alpha value is -3.16. The van der Waals surface area contributed by atoms with Crippen LogP contribution in [-0.2, 0) is 6.54 Å². The lowest BCUT2D eigenvalue weighted by atomic mass is 10.2. The maximum atomic E-state index is 5.39. The summed E-state index contributed by atoms with van der Waals surface area (Å²) in [5.41, 5.74) is 2.07. The van der Waals surface area contributed by atoms with E-state index < -0.39 is 0 Å². The standard InChI is InChI=1S/C21H29N5O3/c1-22-21(24-13-15-6-5-8-23-20(15)29-4)25-16-7-9-26(14-16)17-10-18(27-2)12-19(11-17)28-3/h5-6,8,10-12,16H,7,9,13-14H2,1-4H3,(H2,22,24,25). The Labute approximate surface area is 171 Å². The lowest BCUT2D eigenvalue weighted by molar-refractivity contribution is 0.392. The van der Waals surface area contributed by atoms with Gasteiger partial charge in [-0.25, -0.2) is 4.98 Å². The van der Waals surface area contributed by atoms with Gasteiger partial charge in [-0.2, -0.15) is 0 Å². The fourth-order valence-electron chi connectivity index (χ4n) is 3.40. The van der Waals surface area contributed by atoms with Crippen molar-refractivity contribution in [2.24, 2.45) is 4.99 Å². The van der Waals surface area contributed by atoms with Crippen molar-refractivity contribution >= 4 is 11.6 Å². The fourth-order valence-corrected chi connectivity index (χ4v) is 3.40. The third kappa shape index (κ3) is 5.22. The van der Waals surface area contributed by atoms with E-state index in [1.807, 2.05) is 30.3 Å².